The van der Waals surface area contributed by atoms with Crippen LogP contribution < -0.4 is 5.32 Å². The fourth-order valence-corrected chi connectivity index (χ4v) is 4.39. The highest BCUT2D eigenvalue weighted by molar-refractivity contribution is 7.84. The normalized spacial score (nSPS) is 11.8. The molecule has 168 valence electrons. The van der Waals surface area contributed by atoms with Gasteiger partial charge in [-0.15, -0.1) is 0 Å². The van der Waals surface area contributed by atoms with Crippen LogP contribution in [0.4, 0.5) is 4.39 Å². The predicted molar refractivity (Wildman–Crippen MR) is 126 cm³/mol. The van der Waals surface area contributed by atoms with E-state index in [1.165, 1.54) is 6.07 Å². The van der Waals surface area contributed by atoms with Gasteiger partial charge in [-0.2, -0.15) is 0 Å². The molecule has 1 aromatic heterocycles. The SMILES string of the molecule is Cc1ccc([S@@](=O)Cc2nc(-c3ccc(C(=O)NCc4ccccc4F)cc3)oc2C)cc1. The van der Waals surface area contributed by atoms with Crippen molar-refractivity contribution in [2.75, 3.05) is 0 Å². The molecule has 0 bridgehead atoms. The minimum atomic E-state index is -1.23. The quantitative estimate of drug-likeness (QED) is 0.403. The molecule has 4 rings (SSSR count). The van der Waals surface area contributed by atoms with Crippen LogP contribution in [0, 0.1) is 19.7 Å². The maximum absolute atomic E-state index is 13.7. The molecule has 1 amide bonds. The fourth-order valence-electron chi connectivity index (χ4n) is 3.27. The van der Waals surface area contributed by atoms with Gasteiger partial charge in [0, 0.05) is 28.1 Å². The van der Waals surface area contributed by atoms with Gasteiger partial charge >= 0.3 is 0 Å². The highest BCUT2D eigenvalue weighted by atomic mass is 32.2. The van der Waals surface area contributed by atoms with E-state index in [1.54, 1.807) is 49.4 Å². The Morgan fingerprint density at radius 3 is 2.39 bits per heavy atom. The molecule has 0 aliphatic heterocycles. The molecule has 0 saturated heterocycles. The summed E-state index contributed by atoms with van der Waals surface area (Å²) in [6.45, 7) is 3.88. The molecule has 5 nitrogen and oxygen atoms in total. The molecule has 0 aliphatic carbocycles. The Labute approximate surface area is 194 Å². The fraction of sp³-hybridized carbons (Fsp3) is 0.154. The number of benzene rings is 3. The molecule has 0 saturated carbocycles. The molecule has 0 radical (unpaired) electrons. The molecule has 0 fully saturated rings. The van der Waals surface area contributed by atoms with Gasteiger partial charge in [-0.25, -0.2) is 9.37 Å². The van der Waals surface area contributed by atoms with Gasteiger partial charge in [-0.05, 0) is 56.3 Å². The number of carbonyl (C=O) groups is 1. The van der Waals surface area contributed by atoms with Gasteiger partial charge < -0.3 is 9.73 Å². The van der Waals surface area contributed by atoms with Gasteiger partial charge in [-0.3, -0.25) is 9.00 Å². The van der Waals surface area contributed by atoms with Crippen molar-refractivity contribution in [1.29, 1.82) is 0 Å². The Kier molecular flexibility index (Phi) is 6.79. The summed E-state index contributed by atoms with van der Waals surface area (Å²) in [5.74, 6) is 0.613. The van der Waals surface area contributed by atoms with E-state index in [0.717, 1.165) is 10.5 Å². The Morgan fingerprint density at radius 1 is 1.00 bits per heavy atom. The van der Waals surface area contributed by atoms with E-state index in [-0.39, 0.29) is 24.0 Å². The first kappa shape index (κ1) is 22.6. The van der Waals surface area contributed by atoms with Crippen LogP contribution >= 0.6 is 0 Å². The first-order valence-electron chi connectivity index (χ1n) is 10.4. The second-order valence-corrected chi connectivity index (χ2v) is 9.13. The minimum Gasteiger partial charge on any atom is -0.441 e. The van der Waals surface area contributed by atoms with Crippen molar-refractivity contribution in [3.63, 3.8) is 0 Å². The molecular weight excluding hydrogens is 439 g/mol. The molecule has 1 atom stereocenters. The number of aryl methyl sites for hydroxylation is 2. The number of hydrogen-bond donors (Lipinski definition) is 1. The van der Waals surface area contributed by atoms with Crippen molar-refractivity contribution in [2.24, 2.45) is 0 Å². The lowest BCUT2D eigenvalue weighted by molar-refractivity contribution is 0.0950. The molecule has 1 heterocycles. The van der Waals surface area contributed by atoms with Crippen LogP contribution in [-0.4, -0.2) is 15.1 Å². The maximum atomic E-state index is 13.7. The number of amides is 1. The monoisotopic (exact) mass is 462 g/mol. The first-order chi connectivity index (χ1) is 15.9. The number of rotatable bonds is 7. The van der Waals surface area contributed by atoms with Gasteiger partial charge in [0.05, 0.1) is 22.2 Å². The van der Waals surface area contributed by atoms with E-state index in [0.29, 0.717) is 34.0 Å². The summed E-state index contributed by atoms with van der Waals surface area (Å²) in [6, 6.07) is 20.7. The number of halogens is 1. The third kappa shape index (κ3) is 5.43. The molecule has 4 aromatic rings. The molecule has 33 heavy (non-hydrogen) atoms. The summed E-state index contributed by atoms with van der Waals surface area (Å²) in [5.41, 5.74) is 3.32. The summed E-state index contributed by atoms with van der Waals surface area (Å²) < 4.78 is 32.2. The van der Waals surface area contributed by atoms with Crippen molar-refractivity contribution >= 4 is 16.7 Å². The average Bonchev–Trinajstić information content (AvgIpc) is 3.19. The smallest absolute Gasteiger partial charge is 0.251 e. The van der Waals surface area contributed by atoms with E-state index in [2.05, 4.69) is 10.3 Å². The zero-order valence-corrected chi connectivity index (χ0v) is 19.1. The summed E-state index contributed by atoms with van der Waals surface area (Å²) in [5, 5.41) is 2.72. The summed E-state index contributed by atoms with van der Waals surface area (Å²) >= 11 is 0. The van der Waals surface area contributed by atoms with Gasteiger partial charge in [-0.1, -0.05) is 35.9 Å². The van der Waals surface area contributed by atoms with Crippen LogP contribution in [0.2, 0.25) is 0 Å². The summed E-state index contributed by atoms with van der Waals surface area (Å²) in [7, 11) is -1.23. The van der Waals surface area contributed by atoms with Crippen molar-refractivity contribution < 1.29 is 17.8 Å². The van der Waals surface area contributed by atoms with Crippen LogP contribution in [0.25, 0.3) is 11.5 Å². The van der Waals surface area contributed by atoms with Crippen molar-refractivity contribution in [3.05, 3.63) is 107 Å². The summed E-state index contributed by atoms with van der Waals surface area (Å²) in [4.78, 5) is 17.7. The van der Waals surface area contributed by atoms with Gasteiger partial charge in [0.25, 0.3) is 5.91 Å². The molecule has 0 aliphatic rings. The lowest BCUT2D eigenvalue weighted by Gasteiger charge is -2.06. The van der Waals surface area contributed by atoms with Crippen LogP contribution in [-0.2, 0) is 23.1 Å². The second kappa shape index (κ2) is 9.92. The van der Waals surface area contributed by atoms with Crippen LogP contribution in [0.5, 0.6) is 0 Å². The Hall–Kier alpha value is -3.58. The topological polar surface area (TPSA) is 72.2 Å². The third-order valence-corrected chi connectivity index (χ3v) is 6.57. The maximum Gasteiger partial charge on any atom is 0.251 e. The number of oxazole rings is 1. The minimum absolute atomic E-state index is 0.105. The zero-order valence-electron chi connectivity index (χ0n) is 18.3. The molecule has 1 N–H and O–H groups in total. The lowest BCUT2D eigenvalue weighted by Crippen LogP contribution is -2.23. The molecular formula is C26H23FN2O3S. The number of nitrogens with zero attached hydrogens (tertiary/aromatic N) is 1. The number of aromatic nitrogens is 1. The van der Waals surface area contributed by atoms with E-state index >= 15 is 0 Å². The Bertz CT molecular complexity index is 1300. The zero-order chi connectivity index (χ0) is 23.4. The number of nitrogens with one attached hydrogen (secondary N) is 1. The Morgan fingerprint density at radius 2 is 1.70 bits per heavy atom. The molecule has 3 aromatic carbocycles. The van der Waals surface area contributed by atoms with E-state index in [9.17, 15) is 13.4 Å². The van der Waals surface area contributed by atoms with Crippen molar-refractivity contribution in [2.45, 2.75) is 31.0 Å². The first-order valence-corrected chi connectivity index (χ1v) is 11.8. The van der Waals surface area contributed by atoms with Crippen molar-refractivity contribution in [1.82, 2.24) is 10.3 Å². The van der Waals surface area contributed by atoms with Gasteiger partial charge in [0.2, 0.25) is 5.89 Å². The second-order valence-electron chi connectivity index (χ2n) is 7.68. The lowest BCUT2D eigenvalue weighted by atomic mass is 10.1. The summed E-state index contributed by atoms with van der Waals surface area (Å²) in [6.07, 6.45) is 0. The van der Waals surface area contributed by atoms with Crippen LogP contribution in [0.15, 0.2) is 82.1 Å². The molecule has 0 unspecified atom stereocenters. The predicted octanol–water partition coefficient (Wildman–Crippen LogP) is 5.34. The highest BCUT2D eigenvalue weighted by Gasteiger charge is 2.16. The number of hydrogen-bond acceptors (Lipinski definition) is 4. The van der Waals surface area contributed by atoms with Gasteiger partial charge in [0.15, 0.2) is 0 Å². The third-order valence-electron chi connectivity index (χ3n) is 5.24. The van der Waals surface area contributed by atoms with Crippen LogP contribution in [0.3, 0.4) is 0 Å². The molecule has 7 heteroatoms. The van der Waals surface area contributed by atoms with Gasteiger partial charge in [0.1, 0.15) is 11.6 Å². The van der Waals surface area contributed by atoms with Crippen LogP contribution in [0.1, 0.15) is 32.9 Å². The number of carbonyl (C=O) groups excluding carboxylic acids is 1. The standard InChI is InChI=1S/C26H23FN2O3S/c1-17-7-13-22(14-8-17)33(31)16-24-18(2)32-26(29-24)20-11-9-19(10-12-20)25(30)28-15-21-5-3-4-6-23(21)27/h3-14H,15-16H2,1-2H3,(H,28,30)/t33-/m0/s1. The Balaban J connectivity index is 1.42. The largest absolute Gasteiger partial charge is 0.441 e. The average molecular weight is 463 g/mol. The van der Waals surface area contributed by atoms with E-state index < -0.39 is 10.8 Å². The van der Waals surface area contributed by atoms with E-state index in [1.807, 2.05) is 31.2 Å². The van der Waals surface area contributed by atoms with E-state index in [4.69, 9.17) is 4.42 Å². The highest BCUT2D eigenvalue weighted by Crippen LogP contribution is 2.24. The van der Waals surface area contributed by atoms with Crippen molar-refractivity contribution in [3.8, 4) is 11.5 Å². The molecule has 0 spiro atoms.